The van der Waals surface area contributed by atoms with Crippen molar-refractivity contribution in [1.29, 1.82) is 0 Å². The van der Waals surface area contributed by atoms with Gasteiger partial charge in [-0.15, -0.1) is 0 Å². The van der Waals surface area contributed by atoms with Crippen LogP contribution in [0.2, 0.25) is 0 Å². The molecule has 31 heavy (non-hydrogen) atoms. The second-order valence-corrected chi connectivity index (χ2v) is 7.66. The van der Waals surface area contributed by atoms with Crippen LogP contribution in [0.5, 0.6) is 11.5 Å². The number of carbonyl (C=O) groups is 2. The number of hydrogen-bond donors (Lipinski definition) is 4. The molecule has 2 aromatic carbocycles. The second-order valence-electron chi connectivity index (χ2n) is 7.66. The zero-order valence-corrected chi connectivity index (χ0v) is 18.1. The van der Waals surface area contributed by atoms with Gasteiger partial charge in [-0.1, -0.05) is 13.8 Å². The minimum atomic E-state index is -0.994. The number of carbonyl (C=O) groups excluding carboxylic acids is 2. The molecule has 3 rings (SSSR count). The summed E-state index contributed by atoms with van der Waals surface area (Å²) in [5.41, 5.74) is 15.5. The van der Waals surface area contributed by atoms with Crippen molar-refractivity contribution in [2.45, 2.75) is 32.2 Å². The molecule has 1 heterocycles. The Morgan fingerprint density at radius 1 is 1.06 bits per heavy atom. The van der Waals surface area contributed by atoms with Crippen LogP contribution in [-0.2, 0) is 9.59 Å². The van der Waals surface area contributed by atoms with Crippen LogP contribution in [0.4, 0.5) is 5.69 Å². The number of hydrogen-bond acceptors (Lipinski definition) is 5. The van der Waals surface area contributed by atoms with Crippen molar-refractivity contribution < 1.29 is 19.1 Å². The summed E-state index contributed by atoms with van der Waals surface area (Å²) in [6.07, 6.45) is -0.209. The first-order chi connectivity index (χ1) is 14.7. The van der Waals surface area contributed by atoms with Crippen LogP contribution in [0, 0.1) is 0 Å². The van der Waals surface area contributed by atoms with Crippen molar-refractivity contribution in [3.8, 4) is 22.8 Å². The van der Waals surface area contributed by atoms with Gasteiger partial charge in [-0.3, -0.25) is 9.59 Å². The highest BCUT2D eigenvalue weighted by molar-refractivity contribution is 6.00. The fourth-order valence-corrected chi connectivity index (χ4v) is 3.65. The Kier molecular flexibility index (Phi) is 6.50. The lowest BCUT2D eigenvalue weighted by atomic mass is 9.95. The smallest absolute Gasteiger partial charge is 0.241 e. The molecule has 0 aliphatic carbocycles. The average Bonchev–Trinajstić information content (AvgIpc) is 3.11. The van der Waals surface area contributed by atoms with E-state index < -0.39 is 17.9 Å². The fourth-order valence-electron chi connectivity index (χ4n) is 3.65. The quantitative estimate of drug-likeness (QED) is 0.441. The Morgan fingerprint density at radius 2 is 1.77 bits per heavy atom. The first-order valence-electron chi connectivity index (χ1n) is 9.97. The Balaban J connectivity index is 2.03. The normalized spacial score (nSPS) is 12.1. The van der Waals surface area contributed by atoms with Crippen molar-refractivity contribution >= 4 is 28.4 Å². The predicted molar refractivity (Wildman–Crippen MR) is 121 cm³/mol. The fraction of sp³-hybridized carbons (Fsp3) is 0.304. The molecule has 0 aliphatic rings. The molecule has 1 atom stereocenters. The van der Waals surface area contributed by atoms with Crippen LogP contribution in [0.1, 0.15) is 31.7 Å². The van der Waals surface area contributed by atoms with Crippen LogP contribution in [-0.4, -0.2) is 37.1 Å². The van der Waals surface area contributed by atoms with E-state index in [1.807, 2.05) is 30.3 Å². The van der Waals surface area contributed by atoms with E-state index in [0.29, 0.717) is 17.2 Å². The molecular formula is C23H28N4O4. The molecule has 0 spiro atoms. The molecule has 8 heteroatoms. The summed E-state index contributed by atoms with van der Waals surface area (Å²) in [4.78, 5) is 26.8. The van der Waals surface area contributed by atoms with Crippen LogP contribution in [0.3, 0.4) is 0 Å². The van der Waals surface area contributed by atoms with Gasteiger partial charge in [0.1, 0.15) is 0 Å². The Labute approximate surface area is 180 Å². The van der Waals surface area contributed by atoms with Gasteiger partial charge in [-0.2, -0.15) is 0 Å². The molecule has 0 radical (unpaired) electrons. The van der Waals surface area contributed by atoms with Gasteiger partial charge in [0.25, 0.3) is 0 Å². The van der Waals surface area contributed by atoms with E-state index in [2.05, 4.69) is 24.1 Å². The number of primary amides is 1. The van der Waals surface area contributed by atoms with E-state index in [1.165, 1.54) is 0 Å². The minimum absolute atomic E-state index is 0.208. The molecule has 164 valence electrons. The zero-order chi connectivity index (χ0) is 22.7. The topological polar surface area (TPSA) is 132 Å². The Hall–Kier alpha value is -3.52. The summed E-state index contributed by atoms with van der Waals surface area (Å²) >= 11 is 0. The summed E-state index contributed by atoms with van der Waals surface area (Å²) in [6, 6.07) is 10.4. The number of methoxy groups -OCH3 is 2. The van der Waals surface area contributed by atoms with Crippen molar-refractivity contribution in [2.24, 2.45) is 11.5 Å². The molecule has 0 saturated carbocycles. The molecule has 0 bridgehead atoms. The highest BCUT2D eigenvalue weighted by atomic mass is 16.5. The third-order valence-electron chi connectivity index (χ3n) is 5.11. The first-order valence-corrected chi connectivity index (χ1v) is 9.97. The highest BCUT2D eigenvalue weighted by Crippen LogP contribution is 2.39. The van der Waals surface area contributed by atoms with E-state index in [0.717, 1.165) is 27.7 Å². The third-order valence-corrected chi connectivity index (χ3v) is 5.11. The average molecular weight is 425 g/mol. The van der Waals surface area contributed by atoms with E-state index >= 15 is 0 Å². The van der Waals surface area contributed by atoms with Gasteiger partial charge in [-0.25, -0.2) is 0 Å². The molecule has 0 fully saturated rings. The molecule has 3 aromatic rings. The van der Waals surface area contributed by atoms with Gasteiger partial charge >= 0.3 is 0 Å². The number of aromatic amines is 1. The summed E-state index contributed by atoms with van der Waals surface area (Å²) in [7, 11) is 3.21. The first kappa shape index (κ1) is 22.2. The predicted octanol–water partition coefficient (Wildman–Crippen LogP) is 3.12. The standard InChI is InChI=1S/C23H28N4O4/c1-12(2)21-15-10-14(26-23(29)16(24)11-20(25)28)6-7-17(15)27-22(21)13-5-8-18(30-3)19(9-13)31-4/h5-10,12,16,27H,11,24H2,1-4H3,(H2,25,28)(H,26,29)/t16-/m1/s1. The number of anilines is 1. The van der Waals surface area contributed by atoms with Crippen LogP contribution in [0.15, 0.2) is 36.4 Å². The van der Waals surface area contributed by atoms with Crippen LogP contribution >= 0.6 is 0 Å². The summed E-state index contributed by atoms with van der Waals surface area (Å²) in [6.45, 7) is 4.22. The van der Waals surface area contributed by atoms with Crippen LogP contribution < -0.4 is 26.3 Å². The van der Waals surface area contributed by atoms with Gasteiger partial charge in [0.15, 0.2) is 11.5 Å². The summed E-state index contributed by atoms with van der Waals surface area (Å²) < 4.78 is 10.8. The number of benzene rings is 2. The minimum Gasteiger partial charge on any atom is -0.493 e. The Morgan fingerprint density at radius 3 is 2.39 bits per heavy atom. The van der Waals surface area contributed by atoms with E-state index in [4.69, 9.17) is 20.9 Å². The summed E-state index contributed by atoms with van der Waals surface area (Å²) in [5.74, 6) is 0.431. The van der Waals surface area contributed by atoms with Crippen molar-refractivity contribution in [3.05, 3.63) is 42.0 Å². The van der Waals surface area contributed by atoms with Crippen molar-refractivity contribution in [2.75, 3.05) is 19.5 Å². The van der Waals surface area contributed by atoms with Gasteiger partial charge in [-0.05, 0) is 47.9 Å². The monoisotopic (exact) mass is 424 g/mol. The third kappa shape index (κ3) is 4.64. The molecule has 1 aromatic heterocycles. The molecule has 0 saturated heterocycles. The maximum atomic E-state index is 12.3. The number of nitrogens with two attached hydrogens (primary N) is 2. The number of rotatable bonds is 8. The van der Waals surface area contributed by atoms with E-state index in [1.54, 1.807) is 20.3 Å². The zero-order valence-electron chi connectivity index (χ0n) is 18.1. The molecule has 2 amide bonds. The van der Waals surface area contributed by atoms with Gasteiger partial charge in [0.05, 0.1) is 32.4 Å². The number of amides is 2. The number of nitrogens with one attached hydrogen (secondary N) is 2. The molecule has 0 unspecified atom stereocenters. The number of ether oxygens (including phenoxy) is 2. The molecule has 0 aliphatic heterocycles. The molecular weight excluding hydrogens is 396 g/mol. The van der Waals surface area contributed by atoms with Gasteiger partial charge < -0.3 is 31.2 Å². The maximum Gasteiger partial charge on any atom is 0.241 e. The van der Waals surface area contributed by atoms with Crippen molar-refractivity contribution in [1.82, 2.24) is 4.98 Å². The molecule has 8 nitrogen and oxygen atoms in total. The van der Waals surface area contributed by atoms with Gasteiger partial charge in [0, 0.05) is 22.2 Å². The lowest BCUT2D eigenvalue weighted by molar-refractivity contribution is -0.123. The number of aromatic nitrogens is 1. The lowest BCUT2D eigenvalue weighted by Gasteiger charge is -2.13. The SMILES string of the molecule is COc1ccc(-c2[nH]c3ccc(NC(=O)[C@H](N)CC(N)=O)cc3c2C(C)C)cc1OC. The van der Waals surface area contributed by atoms with Crippen LogP contribution in [0.25, 0.3) is 22.2 Å². The largest absolute Gasteiger partial charge is 0.493 e. The van der Waals surface area contributed by atoms with E-state index in [9.17, 15) is 9.59 Å². The highest BCUT2D eigenvalue weighted by Gasteiger charge is 2.20. The van der Waals surface area contributed by atoms with E-state index in [-0.39, 0.29) is 12.3 Å². The summed E-state index contributed by atoms with van der Waals surface area (Å²) in [5, 5.41) is 3.75. The lowest BCUT2D eigenvalue weighted by Crippen LogP contribution is -2.38. The maximum absolute atomic E-state index is 12.3. The number of H-pyrrole nitrogens is 1. The second kappa shape index (κ2) is 9.09. The molecule has 6 N–H and O–H groups in total. The Bertz CT molecular complexity index is 1120. The number of fused-ring (bicyclic) bond motifs is 1. The van der Waals surface area contributed by atoms with Gasteiger partial charge in [0.2, 0.25) is 11.8 Å². The van der Waals surface area contributed by atoms with Crippen molar-refractivity contribution in [3.63, 3.8) is 0 Å².